The summed E-state index contributed by atoms with van der Waals surface area (Å²) in [7, 11) is 3.72. The largest absolute Gasteiger partial charge is 0.328 e. The smallest absolute Gasteiger partial charge is 0.316 e. The van der Waals surface area contributed by atoms with E-state index in [0.29, 0.717) is 11.8 Å². The van der Waals surface area contributed by atoms with Crippen LogP contribution in [0.4, 0.5) is 0 Å². The van der Waals surface area contributed by atoms with Crippen molar-refractivity contribution in [2.75, 3.05) is 13.1 Å². The molecule has 1 aliphatic heterocycles. The number of halogens is 1. The Morgan fingerprint density at radius 3 is 2.00 bits per heavy atom. The molecule has 4 rings (SSSR count). The lowest BCUT2D eigenvalue weighted by molar-refractivity contribution is 0.454. The molecule has 0 amide bonds. The number of fused-ring (bicyclic) bond motifs is 6. The first-order valence-electron chi connectivity index (χ1n) is 6.57. The van der Waals surface area contributed by atoms with Gasteiger partial charge in [0.2, 0.25) is 0 Å². The minimum absolute atomic E-state index is 0. The van der Waals surface area contributed by atoms with Crippen LogP contribution in [0.2, 0.25) is 0 Å². The summed E-state index contributed by atoms with van der Waals surface area (Å²) in [5.74, 6) is 1.27. The van der Waals surface area contributed by atoms with Gasteiger partial charge in [-0.15, -0.1) is 12.4 Å². The number of benzene rings is 1. The molecule has 2 unspecified atom stereocenters. The number of aryl methyl sites for hydroxylation is 2. The Kier molecular flexibility index (Phi) is 2.76. The summed E-state index contributed by atoms with van der Waals surface area (Å²) in [5.41, 5.74) is 5.11. The molecule has 1 aliphatic carbocycles. The summed E-state index contributed by atoms with van der Waals surface area (Å²) in [6, 6.07) is 4.48. The van der Waals surface area contributed by atoms with Gasteiger partial charge in [-0.1, -0.05) is 0 Å². The Balaban J connectivity index is 0.00000110. The normalized spacial score (nSPS) is 24.3. The first kappa shape index (κ1) is 12.8. The van der Waals surface area contributed by atoms with Crippen LogP contribution in [0.5, 0.6) is 0 Å². The highest BCUT2D eigenvalue weighted by Gasteiger charge is 2.34. The van der Waals surface area contributed by atoms with E-state index in [0.717, 1.165) is 24.1 Å². The van der Waals surface area contributed by atoms with E-state index < -0.39 is 0 Å². The van der Waals surface area contributed by atoms with Gasteiger partial charge in [-0.3, -0.25) is 9.13 Å². The molecular weight excluding hydrogens is 262 g/mol. The fourth-order valence-electron chi connectivity index (χ4n) is 3.70. The van der Waals surface area contributed by atoms with Gasteiger partial charge in [-0.2, -0.15) is 0 Å². The second kappa shape index (κ2) is 4.12. The summed E-state index contributed by atoms with van der Waals surface area (Å²) >= 11 is 0. The maximum Gasteiger partial charge on any atom is 0.328 e. The van der Waals surface area contributed by atoms with E-state index >= 15 is 0 Å². The van der Waals surface area contributed by atoms with E-state index in [4.69, 9.17) is 0 Å². The van der Waals surface area contributed by atoms with Crippen LogP contribution in [0.15, 0.2) is 16.9 Å². The van der Waals surface area contributed by atoms with Gasteiger partial charge in [-0.05, 0) is 41.5 Å². The van der Waals surface area contributed by atoms with Gasteiger partial charge in [0, 0.05) is 27.2 Å². The molecule has 2 aromatic rings. The summed E-state index contributed by atoms with van der Waals surface area (Å²) < 4.78 is 3.51. The van der Waals surface area contributed by atoms with Crippen molar-refractivity contribution < 1.29 is 0 Å². The molecule has 5 heteroatoms. The average molecular weight is 280 g/mol. The third-order valence-electron chi connectivity index (χ3n) is 4.71. The van der Waals surface area contributed by atoms with E-state index in [2.05, 4.69) is 17.4 Å². The summed E-state index contributed by atoms with van der Waals surface area (Å²) in [6.45, 7) is 2.16. The third-order valence-corrected chi connectivity index (χ3v) is 4.71. The number of imidazole rings is 1. The van der Waals surface area contributed by atoms with Gasteiger partial charge in [-0.25, -0.2) is 4.79 Å². The van der Waals surface area contributed by atoms with Crippen molar-refractivity contribution in [2.45, 2.75) is 18.3 Å². The highest BCUT2D eigenvalue weighted by molar-refractivity contribution is 5.85. The number of rotatable bonds is 0. The van der Waals surface area contributed by atoms with Crippen LogP contribution in [0.1, 0.15) is 29.4 Å². The Bertz CT molecular complexity index is 660. The van der Waals surface area contributed by atoms with E-state index in [1.807, 2.05) is 14.1 Å². The van der Waals surface area contributed by atoms with Crippen molar-refractivity contribution in [1.82, 2.24) is 14.5 Å². The Morgan fingerprint density at radius 2 is 1.53 bits per heavy atom. The molecule has 1 aromatic carbocycles. The van der Waals surface area contributed by atoms with Crippen molar-refractivity contribution >= 4 is 23.4 Å². The molecule has 1 fully saturated rings. The van der Waals surface area contributed by atoms with Crippen molar-refractivity contribution in [3.63, 3.8) is 0 Å². The zero-order valence-electron chi connectivity index (χ0n) is 11.1. The Morgan fingerprint density at radius 1 is 1.05 bits per heavy atom. The van der Waals surface area contributed by atoms with Crippen LogP contribution in [0, 0.1) is 0 Å². The van der Waals surface area contributed by atoms with Gasteiger partial charge < -0.3 is 5.32 Å². The van der Waals surface area contributed by atoms with Gasteiger partial charge >= 0.3 is 5.69 Å². The van der Waals surface area contributed by atoms with Crippen LogP contribution in [0.25, 0.3) is 11.0 Å². The highest BCUT2D eigenvalue weighted by Crippen LogP contribution is 2.44. The molecular formula is C14H18ClN3O. The van der Waals surface area contributed by atoms with Crippen molar-refractivity contribution in [3.05, 3.63) is 33.7 Å². The molecule has 0 spiro atoms. The van der Waals surface area contributed by atoms with Crippen molar-refractivity contribution in [3.8, 4) is 0 Å². The van der Waals surface area contributed by atoms with E-state index in [1.54, 1.807) is 9.13 Å². The molecule has 0 radical (unpaired) electrons. The van der Waals surface area contributed by atoms with E-state index in [-0.39, 0.29) is 18.1 Å². The van der Waals surface area contributed by atoms with Crippen LogP contribution in [-0.4, -0.2) is 22.2 Å². The lowest BCUT2D eigenvalue weighted by Gasteiger charge is -2.19. The van der Waals surface area contributed by atoms with Crippen LogP contribution in [0.3, 0.4) is 0 Å². The fraction of sp³-hybridized carbons (Fsp3) is 0.500. The number of piperidine rings is 1. The molecule has 102 valence electrons. The second-order valence-electron chi connectivity index (χ2n) is 5.66. The molecule has 19 heavy (non-hydrogen) atoms. The van der Waals surface area contributed by atoms with Gasteiger partial charge in [0.25, 0.3) is 0 Å². The molecule has 1 N–H and O–H groups in total. The van der Waals surface area contributed by atoms with Crippen molar-refractivity contribution in [2.24, 2.45) is 14.1 Å². The maximum atomic E-state index is 12.0. The van der Waals surface area contributed by atoms with Crippen LogP contribution in [-0.2, 0) is 14.1 Å². The number of hydrogen-bond donors (Lipinski definition) is 1. The predicted molar refractivity (Wildman–Crippen MR) is 78.4 cm³/mol. The first-order chi connectivity index (χ1) is 8.66. The quantitative estimate of drug-likeness (QED) is 0.793. The predicted octanol–water partition coefficient (Wildman–Crippen LogP) is 1.47. The molecule has 2 bridgehead atoms. The summed E-state index contributed by atoms with van der Waals surface area (Å²) in [6.07, 6.45) is 1.27. The minimum atomic E-state index is 0. The summed E-state index contributed by atoms with van der Waals surface area (Å²) in [5, 5.41) is 3.51. The SMILES string of the molecule is Cl.Cn1c(=O)n(C)c2cc3c(cc21)C1CNCC3C1. The molecule has 4 nitrogen and oxygen atoms in total. The standard InChI is InChI=1S/C14H17N3O.ClH/c1-16-12-4-10-8-3-9(7-15-6-8)11(10)5-13(12)17(2)14(16)18;/h4-5,8-9,15H,3,6-7H2,1-2H3;1H. The van der Waals surface area contributed by atoms with Gasteiger partial charge in [0.1, 0.15) is 0 Å². The average Bonchev–Trinajstić information content (AvgIpc) is 2.77. The first-order valence-corrected chi connectivity index (χ1v) is 6.57. The lowest BCUT2D eigenvalue weighted by Crippen LogP contribution is -2.28. The molecule has 2 atom stereocenters. The minimum Gasteiger partial charge on any atom is -0.316 e. The number of hydrogen-bond acceptors (Lipinski definition) is 2. The highest BCUT2D eigenvalue weighted by atomic mass is 35.5. The third kappa shape index (κ3) is 1.53. The van der Waals surface area contributed by atoms with Gasteiger partial charge in [0.05, 0.1) is 11.0 Å². The van der Waals surface area contributed by atoms with Crippen molar-refractivity contribution in [1.29, 1.82) is 0 Å². The molecule has 0 saturated carbocycles. The van der Waals surface area contributed by atoms with Gasteiger partial charge in [0.15, 0.2) is 0 Å². The van der Waals surface area contributed by atoms with Crippen LogP contribution < -0.4 is 11.0 Å². The molecule has 1 saturated heterocycles. The molecule has 2 aliphatic rings. The Hall–Kier alpha value is -1.26. The van der Waals surface area contributed by atoms with Crippen LogP contribution >= 0.6 is 12.4 Å². The lowest BCUT2D eigenvalue weighted by atomic mass is 9.98. The zero-order chi connectivity index (χ0) is 12.4. The molecule has 2 heterocycles. The van der Waals surface area contributed by atoms with E-state index in [9.17, 15) is 4.79 Å². The topological polar surface area (TPSA) is 39.0 Å². The monoisotopic (exact) mass is 279 g/mol. The summed E-state index contributed by atoms with van der Waals surface area (Å²) in [4.78, 5) is 12.0. The fourth-order valence-corrected chi connectivity index (χ4v) is 3.70. The zero-order valence-corrected chi connectivity index (χ0v) is 12.0. The number of nitrogens with zero attached hydrogens (tertiary/aromatic N) is 2. The number of aromatic nitrogens is 2. The maximum absolute atomic E-state index is 12.0. The second-order valence-corrected chi connectivity index (χ2v) is 5.66. The Labute approximate surface area is 117 Å². The number of nitrogens with one attached hydrogen (secondary N) is 1. The van der Waals surface area contributed by atoms with E-state index in [1.165, 1.54) is 17.5 Å². The molecule has 1 aromatic heterocycles.